The standard InChI is InChI=1S/C8H16N4S/c1-3-4-6(2)5-13-8-10-7(9)11-12-8/h6H,3-5H2,1-2H3,(H3,9,10,11,12). The molecule has 1 unspecified atom stereocenters. The highest BCUT2D eigenvalue weighted by Crippen LogP contribution is 2.19. The molecule has 0 spiro atoms. The molecule has 0 aliphatic rings. The summed E-state index contributed by atoms with van der Waals surface area (Å²) in [6, 6.07) is 0. The van der Waals surface area contributed by atoms with Crippen molar-refractivity contribution < 1.29 is 0 Å². The lowest BCUT2D eigenvalue weighted by atomic mass is 10.1. The number of hydrogen-bond acceptors (Lipinski definition) is 4. The molecule has 4 nitrogen and oxygen atoms in total. The Labute approximate surface area is 82.7 Å². The van der Waals surface area contributed by atoms with Crippen molar-refractivity contribution in [2.24, 2.45) is 5.92 Å². The lowest BCUT2D eigenvalue weighted by Crippen LogP contribution is -1.97. The van der Waals surface area contributed by atoms with Crippen LogP contribution >= 0.6 is 11.8 Å². The quantitative estimate of drug-likeness (QED) is 0.712. The first-order chi connectivity index (χ1) is 6.22. The summed E-state index contributed by atoms with van der Waals surface area (Å²) >= 11 is 1.66. The van der Waals surface area contributed by atoms with Crippen molar-refractivity contribution in [1.29, 1.82) is 0 Å². The van der Waals surface area contributed by atoms with Gasteiger partial charge in [0.15, 0.2) is 0 Å². The molecule has 0 saturated heterocycles. The number of aromatic amines is 1. The molecule has 0 bridgehead atoms. The van der Waals surface area contributed by atoms with Crippen LogP contribution < -0.4 is 5.73 Å². The third-order valence-corrected chi connectivity index (χ3v) is 2.94. The predicted molar refractivity (Wildman–Crippen MR) is 55.6 cm³/mol. The Balaban J connectivity index is 2.26. The molecule has 5 heteroatoms. The van der Waals surface area contributed by atoms with Crippen LogP contribution in [0, 0.1) is 5.92 Å². The van der Waals surface area contributed by atoms with Gasteiger partial charge in [-0.15, -0.1) is 5.10 Å². The second-order valence-electron chi connectivity index (χ2n) is 3.21. The van der Waals surface area contributed by atoms with Crippen molar-refractivity contribution >= 4 is 17.7 Å². The predicted octanol–water partition coefficient (Wildman–Crippen LogP) is 1.92. The molecule has 1 atom stereocenters. The number of nitrogens with zero attached hydrogens (tertiary/aromatic N) is 2. The SMILES string of the molecule is CCCC(C)CSc1n[nH]c(N)n1. The number of hydrogen-bond donors (Lipinski definition) is 2. The largest absolute Gasteiger partial charge is 0.368 e. The maximum absolute atomic E-state index is 5.40. The summed E-state index contributed by atoms with van der Waals surface area (Å²) < 4.78 is 0. The maximum atomic E-state index is 5.40. The molecule has 74 valence electrons. The number of thioether (sulfide) groups is 1. The fraction of sp³-hybridized carbons (Fsp3) is 0.750. The minimum Gasteiger partial charge on any atom is -0.368 e. The summed E-state index contributed by atoms with van der Waals surface area (Å²) in [5.41, 5.74) is 5.40. The molecule has 3 N–H and O–H groups in total. The van der Waals surface area contributed by atoms with E-state index in [0.717, 1.165) is 16.8 Å². The van der Waals surface area contributed by atoms with Gasteiger partial charge in [-0.2, -0.15) is 4.98 Å². The van der Waals surface area contributed by atoms with Crippen LogP contribution in [0.25, 0.3) is 0 Å². The van der Waals surface area contributed by atoms with E-state index in [0.29, 0.717) is 5.95 Å². The van der Waals surface area contributed by atoms with Gasteiger partial charge in [-0.1, -0.05) is 38.5 Å². The Bertz CT molecular complexity index is 248. The summed E-state index contributed by atoms with van der Waals surface area (Å²) in [5, 5.41) is 7.32. The number of nitrogens with one attached hydrogen (secondary N) is 1. The van der Waals surface area contributed by atoms with E-state index in [4.69, 9.17) is 5.73 Å². The molecule has 0 fully saturated rings. The summed E-state index contributed by atoms with van der Waals surface area (Å²) in [4.78, 5) is 4.02. The molecule has 0 amide bonds. The van der Waals surface area contributed by atoms with Crippen molar-refractivity contribution in [1.82, 2.24) is 15.2 Å². The van der Waals surface area contributed by atoms with Crippen LogP contribution in [-0.2, 0) is 0 Å². The first-order valence-corrected chi connectivity index (χ1v) is 5.51. The van der Waals surface area contributed by atoms with Gasteiger partial charge in [0.2, 0.25) is 11.1 Å². The van der Waals surface area contributed by atoms with Gasteiger partial charge in [0.1, 0.15) is 0 Å². The molecule has 1 rings (SSSR count). The zero-order chi connectivity index (χ0) is 9.68. The van der Waals surface area contributed by atoms with Gasteiger partial charge >= 0.3 is 0 Å². The molecule has 1 aromatic rings. The van der Waals surface area contributed by atoms with Gasteiger partial charge in [-0.25, -0.2) is 5.10 Å². The van der Waals surface area contributed by atoms with Gasteiger partial charge in [-0.05, 0) is 5.92 Å². The minimum absolute atomic E-state index is 0.394. The molecular weight excluding hydrogens is 184 g/mol. The first kappa shape index (κ1) is 10.4. The topological polar surface area (TPSA) is 67.6 Å². The second-order valence-corrected chi connectivity index (χ2v) is 4.20. The van der Waals surface area contributed by atoms with Gasteiger partial charge in [0, 0.05) is 5.75 Å². The molecule has 0 aromatic carbocycles. The smallest absolute Gasteiger partial charge is 0.216 e. The number of rotatable bonds is 5. The van der Waals surface area contributed by atoms with E-state index in [1.165, 1.54) is 12.8 Å². The molecule has 0 radical (unpaired) electrons. The lowest BCUT2D eigenvalue weighted by molar-refractivity contribution is 0.584. The Kier molecular flexibility index (Phi) is 4.08. The Hall–Kier alpha value is -0.710. The van der Waals surface area contributed by atoms with E-state index < -0.39 is 0 Å². The van der Waals surface area contributed by atoms with E-state index in [2.05, 4.69) is 29.0 Å². The molecule has 0 aliphatic heterocycles. The normalized spacial score (nSPS) is 13.1. The van der Waals surface area contributed by atoms with E-state index in [-0.39, 0.29) is 0 Å². The number of nitrogens with two attached hydrogens (primary N) is 1. The average molecular weight is 200 g/mol. The molecule has 1 aromatic heterocycles. The van der Waals surface area contributed by atoms with Crippen molar-refractivity contribution in [3.8, 4) is 0 Å². The van der Waals surface area contributed by atoms with Crippen LogP contribution in [0.4, 0.5) is 5.95 Å². The Morgan fingerprint density at radius 2 is 2.38 bits per heavy atom. The Morgan fingerprint density at radius 1 is 1.62 bits per heavy atom. The van der Waals surface area contributed by atoms with Gasteiger partial charge in [0.05, 0.1) is 0 Å². The second kappa shape index (κ2) is 5.11. The minimum atomic E-state index is 0.394. The van der Waals surface area contributed by atoms with Crippen LogP contribution in [-0.4, -0.2) is 20.9 Å². The van der Waals surface area contributed by atoms with E-state index in [1.54, 1.807) is 11.8 Å². The van der Waals surface area contributed by atoms with Crippen LogP contribution in [0.2, 0.25) is 0 Å². The zero-order valence-corrected chi connectivity index (χ0v) is 8.90. The highest BCUT2D eigenvalue weighted by Gasteiger charge is 2.05. The van der Waals surface area contributed by atoms with E-state index in [9.17, 15) is 0 Å². The number of anilines is 1. The molecule has 0 saturated carbocycles. The zero-order valence-electron chi connectivity index (χ0n) is 8.08. The molecular formula is C8H16N4S. The molecule has 0 aliphatic carbocycles. The number of aromatic nitrogens is 3. The van der Waals surface area contributed by atoms with E-state index in [1.807, 2.05) is 0 Å². The third-order valence-electron chi connectivity index (χ3n) is 1.76. The van der Waals surface area contributed by atoms with Gasteiger partial charge in [0.25, 0.3) is 0 Å². The summed E-state index contributed by atoms with van der Waals surface area (Å²) in [6.07, 6.45) is 2.49. The molecule has 13 heavy (non-hydrogen) atoms. The summed E-state index contributed by atoms with van der Waals surface area (Å²) in [5.74, 6) is 2.17. The monoisotopic (exact) mass is 200 g/mol. The van der Waals surface area contributed by atoms with Crippen molar-refractivity contribution in [3.63, 3.8) is 0 Å². The van der Waals surface area contributed by atoms with Crippen LogP contribution in [0.3, 0.4) is 0 Å². The Morgan fingerprint density at radius 3 is 2.92 bits per heavy atom. The maximum Gasteiger partial charge on any atom is 0.216 e. The number of H-pyrrole nitrogens is 1. The van der Waals surface area contributed by atoms with Crippen LogP contribution in [0.5, 0.6) is 0 Å². The third kappa shape index (κ3) is 3.67. The number of nitrogen functional groups attached to an aromatic ring is 1. The molecule has 1 heterocycles. The van der Waals surface area contributed by atoms with Gasteiger partial charge < -0.3 is 5.73 Å². The van der Waals surface area contributed by atoms with Crippen molar-refractivity contribution in [2.45, 2.75) is 31.8 Å². The van der Waals surface area contributed by atoms with Crippen molar-refractivity contribution in [3.05, 3.63) is 0 Å². The van der Waals surface area contributed by atoms with Gasteiger partial charge in [-0.3, -0.25) is 0 Å². The van der Waals surface area contributed by atoms with E-state index >= 15 is 0 Å². The average Bonchev–Trinajstić information content (AvgIpc) is 2.49. The highest BCUT2D eigenvalue weighted by molar-refractivity contribution is 7.99. The van der Waals surface area contributed by atoms with Crippen LogP contribution in [0.1, 0.15) is 26.7 Å². The first-order valence-electron chi connectivity index (χ1n) is 4.53. The fourth-order valence-electron chi connectivity index (χ4n) is 1.12. The lowest BCUT2D eigenvalue weighted by Gasteiger charge is -2.06. The summed E-state index contributed by atoms with van der Waals surface area (Å²) in [7, 11) is 0. The summed E-state index contributed by atoms with van der Waals surface area (Å²) in [6.45, 7) is 4.44. The van der Waals surface area contributed by atoms with Crippen LogP contribution in [0.15, 0.2) is 5.16 Å². The highest BCUT2D eigenvalue weighted by atomic mass is 32.2. The fourth-order valence-corrected chi connectivity index (χ4v) is 1.99. The van der Waals surface area contributed by atoms with Crippen molar-refractivity contribution in [2.75, 3.05) is 11.5 Å².